The fourth-order valence-electron chi connectivity index (χ4n) is 0.303. The van der Waals surface area contributed by atoms with Gasteiger partial charge in [0.05, 0.1) is 5.75 Å². The van der Waals surface area contributed by atoms with E-state index in [1.165, 1.54) is 0 Å². The molecule has 0 unspecified atom stereocenters. The van der Waals surface area contributed by atoms with Crippen LogP contribution in [-0.2, 0) is 9.05 Å². The van der Waals surface area contributed by atoms with Gasteiger partial charge in [0.2, 0.25) is 9.05 Å². The van der Waals surface area contributed by atoms with Gasteiger partial charge >= 0.3 is 0 Å². The van der Waals surface area contributed by atoms with Gasteiger partial charge in [0.25, 0.3) is 0 Å². The van der Waals surface area contributed by atoms with Gasteiger partial charge in [0.1, 0.15) is 0 Å². The van der Waals surface area contributed by atoms with Crippen LogP contribution < -0.4 is 0 Å². The van der Waals surface area contributed by atoms with Crippen LogP contribution in [0.25, 0.3) is 0 Å². The Morgan fingerprint density at radius 2 is 2.00 bits per heavy atom. The molecule has 1 atom stereocenters. The zero-order chi connectivity index (χ0) is 7.49. The van der Waals surface area contributed by atoms with Crippen LogP contribution in [0.4, 0.5) is 0 Å². The molecule has 0 spiro atoms. The lowest BCUT2D eigenvalue weighted by Gasteiger charge is -1.97. The SMILES string of the molecule is C[C@@H](Cl)CCS(=O)(=O)Cl. The molecule has 0 aliphatic carbocycles. The molecule has 0 aliphatic rings. The fraction of sp³-hybridized carbons (Fsp3) is 1.00. The van der Waals surface area contributed by atoms with Crippen LogP contribution in [0.2, 0.25) is 0 Å². The van der Waals surface area contributed by atoms with Crippen LogP contribution in [0, 0.1) is 0 Å². The molecule has 0 fully saturated rings. The third-order valence-electron chi connectivity index (χ3n) is 0.759. The van der Waals surface area contributed by atoms with Crippen molar-refractivity contribution < 1.29 is 8.42 Å². The van der Waals surface area contributed by atoms with E-state index in [4.69, 9.17) is 22.3 Å². The molecule has 5 heteroatoms. The Bertz CT molecular complexity index is 161. The first-order valence-corrected chi connectivity index (χ1v) is 5.40. The molecule has 0 aromatic carbocycles. The number of alkyl halides is 1. The molecule has 0 bridgehead atoms. The molecule has 9 heavy (non-hydrogen) atoms. The number of rotatable bonds is 3. The summed E-state index contributed by atoms with van der Waals surface area (Å²) in [6, 6.07) is 0. The Balaban J connectivity index is 3.53. The molecule has 0 heterocycles. The zero-order valence-electron chi connectivity index (χ0n) is 4.97. The first-order chi connectivity index (χ1) is 3.92. The minimum absolute atomic E-state index is 0.0424. The molecule has 0 aromatic rings. The Labute approximate surface area is 64.6 Å². The van der Waals surface area contributed by atoms with E-state index in [-0.39, 0.29) is 11.1 Å². The van der Waals surface area contributed by atoms with E-state index in [9.17, 15) is 8.42 Å². The van der Waals surface area contributed by atoms with Crippen LogP contribution in [0.3, 0.4) is 0 Å². The summed E-state index contributed by atoms with van der Waals surface area (Å²) in [6.07, 6.45) is 0.410. The van der Waals surface area contributed by atoms with E-state index in [0.29, 0.717) is 6.42 Å². The average Bonchev–Trinajstić information content (AvgIpc) is 1.59. The third-order valence-corrected chi connectivity index (χ3v) is 2.16. The molecule has 0 saturated heterocycles. The van der Waals surface area contributed by atoms with Gasteiger partial charge in [-0.1, -0.05) is 0 Å². The van der Waals surface area contributed by atoms with Crippen LogP contribution in [0.15, 0.2) is 0 Å². The summed E-state index contributed by atoms with van der Waals surface area (Å²) in [7, 11) is 1.56. The first-order valence-electron chi connectivity index (χ1n) is 2.48. The number of hydrogen-bond acceptors (Lipinski definition) is 2. The van der Waals surface area contributed by atoms with Crippen molar-refractivity contribution >= 4 is 31.3 Å². The van der Waals surface area contributed by atoms with Crippen LogP contribution in [0.1, 0.15) is 13.3 Å². The van der Waals surface area contributed by atoms with Crippen molar-refractivity contribution in [3.8, 4) is 0 Å². The summed E-state index contributed by atoms with van der Waals surface area (Å²) in [6.45, 7) is 1.73. The fourth-order valence-corrected chi connectivity index (χ4v) is 1.44. The van der Waals surface area contributed by atoms with Crippen molar-refractivity contribution in [2.75, 3.05) is 5.75 Å². The molecule has 2 nitrogen and oxygen atoms in total. The molecule has 0 saturated carbocycles. The predicted molar refractivity (Wildman–Crippen MR) is 39.6 cm³/mol. The monoisotopic (exact) mass is 190 g/mol. The quantitative estimate of drug-likeness (QED) is 0.501. The normalized spacial score (nSPS) is 15.4. The molecular weight excluding hydrogens is 183 g/mol. The van der Waals surface area contributed by atoms with Crippen molar-refractivity contribution in [1.29, 1.82) is 0 Å². The van der Waals surface area contributed by atoms with Crippen LogP contribution >= 0.6 is 22.3 Å². The Morgan fingerprint density at radius 1 is 1.56 bits per heavy atom. The highest BCUT2D eigenvalue weighted by atomic mass is 35.7. The maximum atomic E-state index is 10.2. The largest absolute Gasteiger partial charge is 0.232 e. The van der Waals surface area contributed by atoms with Gasteiger partial charge in [-0.25, -0.2) is 8.42 Å². The standard InChI is InChI=1S/C4H8Cl2O2S/c1-4(5)2-3-9(6,7)8/h4H,2-3H2,1H3/t4-/m1/s1. The summed E-state index contributed by atoms with van der Waals surface area (Å²) < 4.78 is 20.5. The molecule has 0 radical (unpaired) electrons. The zero-order valence-corrected chi connectivity index (χ0v) is 7.30. The lowest BCUT2D eigenvalue weighted by atomic mass is 10.4. The van der Waals surface area contributed by atoms with Gasteiger partial charge in [0, 0.05) is 16.1 Å². The second kappa shape index (κ2) is 3.64. The van der Waals surface area contributed by atoms with E-state index in [2.05, 4.69) is 0 Å². The lowest BCUT2D eigenvalue weighted by Crippen LogP contribution is -2.02. The summed E-state index contributed by atoms with van der Waals surface area (Å²) in [5, 5.41) is -0.126. The Kier molecular flexibility index (Phi) is 3.85. The summed E-state index contributed by atoms with van der Waals surface area (Å²) in [5.74, 6) is -0.0424. The second-order valence-corrected chi connectivity index (χ2v) is 5.45. The topological polar surface area (TPSA) is 34.1 Å². The first kappa shape index (κ1) is 9.53. The summed E-state index contributed by atoms with van der Waals surface area (Å²) in [5.41, 5.74) is 0. The van der Waals surface area contributed by atoms with Crippen LogP contribution in [-0.4, -0.2) is 19.5 Å². The van der Waals surface area contributed by atoms with E-state index in [1.807, 2.05) is 0 Å². The van der Waals surface area contributed by atoms with Crippen LogP contribution in [0.5, 0.6) is 0 Å². The van der Waals surface area contributed by atoms with Crippen molar-refractivity contribution in [2.45, 2.75) is 18.7 Å². The highest BCUT2D eigenvalue weighted by Gasteiger charge is 2.06. The van der Waals surface area contributed by atoms with E-state index in [1.54, 1.807) is 6.92 Å². The molecule has 0 aliphatic heterocycles. The Morgan fingerprint density at radius 3 is 2.11 bits per heavy atom. The molecule has 0 rings (SSSR count). The van der Waals surface area contributed by atoms with Gasteiger partial charge in [0.15, 0.2) is 0 Å². The van der Waals surface area contributed by atoms with Gasteiger partial charge in [-0.15, -0.1) is 11.6 Å². The average molecular weight is 191 g/mol. The van der Waals surface area contributed by atoms with Crippen molar-refractivity contribution in [2.24, 2.45) is 0 Å². The Hall–Kier alpha value is 0.530. The third kappa shape index (κ3) is 8.53. The summed E-state index contributed by atoms with van der Waals surface area (Å²) in [4.78, 5) is 0. The molecule has 56 valence electrons. The van der Waals surface area contributed by atoms with E-state index in [0.717, 1.165) is 0 Å². The predicted octanol–water partition coefficient (Wildman–Crippen LogP) is 1.57. The van der Waals surface area contributed by atoms with E-state index >= 15 is 0 Å². The number of hydrogen-bond donors (Lipinski definition) is 0. The molecule has 0 N–H and O–H groups in total. The molecule has 0 aromatic heterocycles. The smallest absolute Gasteiger partial charge is 0.212 e. The minimum atomic E-state index is -3.33. The van der Waals surface area contributed by atoms with Gasteiger partial charge in [-0.05, 0) is 13.3 Å². The van der Waals surface area contributed by atoms with Crippen molar-refractivity contribution in [3.05, 3.63) is 0 Å². The maximum Gasteiger partial charge on any atom is 0.232 e. The highest BCUT2D eigenvalue weighted by molar-refractivity contribution is 8.13. The maximum absolute atomic E-state index is 10.2. The minimum Gasteiger partial charge on any atom is -0.212 e. The highest BCUT2D eigenvalue weighted by Crippen LogP contribution is 2.05. The van der Waals surface area contributed by atoms with Gasteiger partial charge < -0.3 is 0 Å². The van der Waals surface area contributed by atoms with Gasteiger partial charge in [-0.3, -0.25) is 0 Å². The van der Waals surface area contributed by atoms with Gasteiger partial charge in [-0.2, -0.15) is 0 Å². The molecule has 0 amide bonds. The van der Waals surface area contributed by atoms with E-state index < -0.39 is 9.05 Å². The number of halogens is 2. The lowest BCUT2D eigenvalue weighted by molar-refractivity contribution is 0.606. The summed E-state index contributed by atoms with van der Waals surface area (Å²) >= 11 is 5.46. The van der Waals surface area contributed by atoms with Crippen molar-refractivity contribution in [1.82, 2.24) is 0 Å². The molecular formula is C4H8Cl2O2S. The second-order valence-electron chi connectivity index (χ2n) is 1.81. The van der Waals surface area contributed by atoms with Crippen molar-refractivity contribution in [3.63, 3.8) is 0 Å².